The standard InChI is InChI=1S/C20H24N4O5S/c1-13-11-17(22-29-13)21-19(27)14(2)30-12-18(26)23-7-9-24(10-8-23)20(28)15-5-3-4-6-16(15)25/h3-6,11,14,25H,7-10,12H2,1-2H3,(H,21,22,27). The number of aryl methyl sites for hydroxylation is 1. The molecule has 10 heteroatoms. The van der Waals surface area contributed by atoms with Crippen LogP contribution in [-0.4, -0.2) is 75.0 Å². The second-order valence-corrected chi connectivity index (χ2v) is 8.28. The Bertz CT molecular complexity index is 923. The van der Waals surface area contributed by atoms with Crippen LogP contribution in [0.5, 0.6) is 5.75 Å². The van der Waals surface area contributed by atoms with Crippen molar-refractivity contribution in [2.75, 3.05) is 37.2 Å². The van der Waals surface area contributed by atoms with Crippen molar-refractivity contribution >= 4 is 35.3 Å². The van der Waals surface area contributed by atoms with Gasteiger partial charge in [-0.25, -0.2) is 0 Å². The highest BCUT2D eigenvalue weighted by Gasteiger charge is 2.26. The third-order valence-electron chi connectivity index (χ3n) is 4.76. The highest BCUT2D eigenvalue weighted by molar-refractivity contribution is 8.01. The number of amides is 3. The Hall–Kier alpha value is -3.01. The first-order chi connectivity index (χ1) is 14.3. The molecule has 3 amide bonds. The summed E-state index contributed by atoms with van der Waals surface area (Å²) in [5.41, 5.74) is 0.259. The SMILES string of the molecule is Cc1cc(NC(=O)C(C)SCC(=O)N2CCN(C(=O)c3ccccc3O)CC2)no1. The number of aromatic nitrogens is 1. The number of hydrogen-bond donors (Lipinski definition) is 2. The molecule has 30 heavy (non-hydrogen) atoms. The minimum Gasteiger partial charge on any atom is -0.507 e. The first kappa shape index (κ1) is 21.7. The number of aromatic hydroxyl groups is 1. The molecule has 1 aromatic carbocycles. The molecule has 2 N–H and O–H groups in total. The van der Waals surface area contributed by atoms with Gasteiger partial charge in [0.2, 0.25) is 11.8 Å². The lowest BCUT2D eigenvalue weighted by molar-refractivity contribution is -0.129. The topological polar surface area (TPSA) is 116 Å². The summed E-state index contributed by atoms with van der Waals surface area (Å²) < 4.78 is 4.91. The van der Waals surface area contributed by atoms with E-state index in [0.717, 1.165) is 0 Å². The van der Waals surface area contributed by atoms with Gasteiger partial charge < -0.3 is 24.7 Å². The minimum atomic E-state index is -0.435. The number of nitrogens with zero attached hydrogens (tertiary/aromatic N) is 3. The van der Waals surface area contributed by atoms with Gasteiger partial charge in [0.1, 0.15) is 11.5 Å². The Labute approximate surface area is 178 Å². The van der Waals surface area contributed by atoms with Gasteiger partial charge in [-0.1, -0.05) is 17.3 Å². The van der Waals surface area contributed by atoms with E-state index >= 15 is 0 Å². The smallest absolute Gasteiger partial charge is 0.257 e. The molecule has 1 aliphatic rings. The average Bonchev–Trinajstić information content (AvgIpc) is 3.16. The maximum Gasteiger partial charge on any atom is 0.257 e. The summed E-state index contributed by atoms with van der Waals surface area (Å²) in [5, 5.41) is 15.8. The molecule has 2 heterocycles. The number of phenolic OH excluding ortho intramolecular Hbond substituents is 1. The van der Waals surface area contributed by atoms with Gasteiger partial charge in [0.25, 0.3) is 5.91 Å². The lowest BCUT2D eigenvalue weighted by Gasteiger charge is -2.35. The number of para-hydroxylation sites is 1. The summed E-state index contributed by atoms with van der Waals surface area (Å²) in [5.74, 6) is 0.487. The molecule has 1 fully saturated rings. The van der Waals surface area contributed by atoms with Crippen molar-refractivity contribution in [3.05, 3.63) is 41.7 Å². The van der Waals surface area contributed by atoms with Crippen LogP contribution in [0.3, 0.4) is 0 Å². The molecule has 3 rings (SSSR count). The van der Waals surface area contributed by atoms with E-state index < -0.39 is 5.25 Å². The monoisotopic (exact) mass is 432 g/mol. The van der Waals surface area contributed by atoms with Crippen LogP contribution in [0.2, 0.25) is 0 Å². The number of benzene rings is 1. The van der Waals surface area contributed by atoms with Gasteiger partial charge in [0.15, 0.2) is 5.82 Å². The molecule has 1 unspecified atom stereocenters. The Morgan fingerprint density at radius 3 is 2.50 bits per heavy atom. The zero-order chi connectivity index (χ0) is 21.7. The fourth-order valence-electron chi connectivity index (χ4n) is 3.00. The van der Waals surface area contributed by atoms with Crippen molar-refractivity contribution in [1.82, 2.24) is 15.0 Å². The zero-order valence-corrected chi connectivity index (χ0v) is 17.6. The number of carbonyl (C=O) groups excluding carboxylic acids is 3. The summed E-state index contributed by atoms with van der Waals surface area (Å²) in [7, 11) is 0. The van der Waals surface area contributed by atoms with Crippen molar-refractivity contribution < 1.29 is 24.0 Å². The van der Waals surface area contributed by atoms with Crippen LogP contribution >= 0.6 is 11.8 Å². The van der Waals surface area contributed by atoms with E-state index in [1.54, 1.807) is 47.9 Å². The lowest BCUT2D eigenvalue weighted by Crippen LogP contribution is -2.51. The normalized spacial score (nSPS) is 15.0. The van der Waals surface area contributed by atoms with Crippen LogP contribution in [0.1, 0.15) is 23.0 Å². The van der Waals surface area contributed by atoms with Gasteiger partial charge in [0.05, 0.1) is 16.6 Å². The summed E-state index contributed by atoms with van der Waals surface area (Å²) in [6.45, 7) is 5.07. The van der Waals surface area contributed by atoms with Gasteiger partial charge in [-0.3, -0.25) is 14.4 Å². The van der Waals surface area contributed by atoms with E-state index in [2.05, 4.69) is 10.5 Å². The fraction of sp³-hybridized carbons (Fsp3) is 0.400. The van der Waals surface area contributed by atoms with E-state index in [1.165, 1.54) is 17.8 Å². The number of phenols is 1. The van der Waals surface area contributed by atoms with E-state index in [9.17, 15) is 19.5 Å². The lowest BCUT2D eigenvalue weighted by atomic mass is 10.1. The van der Waals surface area contributed by atoms with Gasteiger partial charge in [-0.15, -0.1) is 11.8 Å². The summed E-state index contributed by atoms with van der Waals surface area (Å²) in [4.78, 5) is 40.5. The van der Waals surface area contributed by atoms with Gasteiger partial charge in [0, 0.05) is 32.2 Å². The Kier molecular flexibility index (Phi) is 6.99. The molecular formula is C20H24N4O5S. The van der Waals surface area contributed by atoms with E-state index in [1.807, 2.05) is 0 Å². The van der Waals surface area contributed by atoms with Gasteiger partial charge >= 0.3 is 0 Å². The molecule has 1 atom stereocenters. The molecule has 160 valence electrons. The molecule has 0 saturated carbocycles. The van der Waals surface area contributed by atoms with Crippen molar-refractivity contribution in [2.24, 2.45) is 0 Å². The summed E-state index contributed by atoms with van der Waals surface area (Å²) >= 11 is 1.24. The van der Waals surface area contributed by atoms with Crippen LogP contribution in [-0.2, 0) is 9.59 Å². The van der Waals surface area contributed by atoms with Crippen LogP contribution in [0.25, 0.3) is 0 Å². The number of hydrogen-bond acceptors (Lipinski definition) is 7. The van der Waals surface area contributed by atoms with Gasteiger partial charge in [-0.05, 0) is 26.0 Å². The molecular weight excluding hydrogens is 408 g/mol. The number of nitrogens with one attached hydrogen (secondary N) is 1. The molecule has 9 nitrogen and oxygen atoms in total. The third-order valence-corrected chi connectivity index (χ3v) is 5.89. The first-order valence-corrected chi connectivity index (χ1v) is 10.6. The Morgan fingerprint density at radius 2 is 1.87 bits per heavy atom. The van der Waals surface area contributed by atoms with Crippen LogP contribution in [0, 0.1) is 6.92 Å². The van der Waals surface area contributed by atoms with Gasteiger partial charge in [-0.2, -0.15) is 0 Å². The number of piperazine rings is 1. The van der Waals surface area contributed by atoms with Crippen molar-refractivity contribution in [2.45, 2.75) is 19.1 Å². The van der Waals surface area contributed by atoms with Crippen molar-refractivity contribution in [1.29, 1.82) is 0 Å². The Morgan fingerprint density at radius 1 is 1.20 bits per heavy atom. The van der Waals surface area contributed by atoms with E-state index in [4.69, 9.17) is 4.52 Å². The largest absolute Gasteiger partial charge is 0.507 e. The molecule has 2 aromatic rings. The van der Waals surface area contributed by atoms with E-state index in [-0.39, 0.29) is 34.8 Å². The molecule has 1 aliphatic heterocycles. The molecule has 0 aliphatic carbocycles. The predicted molar refractivity (Wildman–Crippen MR) is 112 cm³/mol. The van der Waals surface area contributed by atoms with Crippen LogP contribution in [0.4, 0.5) is 5.82 Å². The van der Waals surface area contributed by atoms with E-state index in [0.29, 0.717) is 37.8 Å². The number of anilines is 1. The highest BCUT2D eigenvalue weighted by atomic mass is 32.2. The number of thioether (sulfide) groups is 1. The number of carbonyl (C=O) groups is 3. The second-order valence-electron chi connectivity index (χ2n) is 6.96. The van der Waals surface area contributed by atoms with Crippen LogP contribution in [0.15, 0.2) is 34.9 Å². The van der Waals surface area contributed by atoms with Crippen LogP contribution < -0.4 is 5.32 Å². The molecule has 1 saturated heterocycles. The maximum absolute atomic E-state index is 12.5. The Balaban J connectivity index is 1.43. The summed E-state index contributed by atoms with van der Waals surface area (Å²) in [6, 6.07) is 8.04. The quantitative estimate of drug-likeness (QED) is 0.714. The molecule has 0 radical (unpaired) electrons. The third kappa shape index (κ3) is 5.32. The van der Waals surface area contributed by atoms with Crippen molar-refractivity contribution in [3.63, 3.8) is 0 Å². The minimum absolute atomic E-state index is 0.0505. The number of rotatable bonds is 6. The summed E-state index contributed by atoms with van der Waals surface area (Å²) in [6.07, 6.45) is 0. The maximum atomic E-state index is 12.5. The van der Waals surface area contributed by atoms with Crippen molar-refractivity contribution in [3.8, 4) is 5.75 Å². The highest BCUT2D eigenvalue weighted by Crippen LogP contribution is 2.20. The zero-order valence-electron chi connectivity index (χ0n) is 16.8. The average molecular weight is 433 g/mol. The molecule has 0 spiro atoms. The first-order valence-electron chi connectivity index (χ1n) is 9.56. The second kappa shape index (κ2) is 9.66. The molecule has 0 bridgehead atoms. The molecule has 1 aromatic heterocycles. The fourth-order valence-corrected chi connectivity index (χ4v) is 3.79. The predicted octanol–water partition coefficient (Wildman–Crippen LogP) is 1.73.